The molecule has 20 heavy (non-hydrogen) atoms. The maximum atomic E-state index is 13.3. The van der Waals surface area contributed by atoms with Crippen molar-refractivity contribution in [2.24, 2.45) is 5.84 Å². The number of fused-ring (bicyclic) bond motifs is 1. The molecule has 0 aliphatic rings. The normalized spacial score (nSPS) is 11.0. The molecule has 1 aromatic carbocycles. The Bertz CT molecular complexity index is 780. The molecule has 0 saturated heterocycles. The lowest BCUT2D eigenvalue weighted by Crippen LogP contribution is -2.09. The molecular weight excluding hydrogens is 282 g/mol. The first-order valence-corrected chi connectivity index (χ1v) is 6.60. The summed E-state index contributed by atoms with van der Waals surface area (Å²) in [6.45, 7) is 1.94. The molecule has 2 heterocycles. The highest BCUT2D eigenvalue weighted by atomic mass is 32.1. The fourth-order valence-corrected chi connectivity index (χ4v) is 2.84. The molecule has 0 aliphatic heterocycles. The van der Waals surface area contributed by atoms with Crippen molar-refractivity contribution in [1.29, 1.82) is 0 Å². The lowest BCUT2D eigenvalue weighted by Gasteiger charge is -2.05. The lowest BCUT2D eigenvalue weighted by atomic mass is 10.2. The van der Waals surface area contributed by atoms with Gasteiger partial charge in [-0.1, -0.05) is 0 Å². The van der Waals surface area contributed by atoms with Crippen LogP contribution in [0.2, 0.25) is 0 Å². The summed E-state index contributed by atoms with van der Waals surface area (Å²) in [6, 6.07) is 5.08. The fraction of sp³-hybridized carbons (Fsp3) is 0.0769. The lowest BCUT2D eigenvalue weighted by molar-refractivity contribution is 0.584. The summed E-state index contributed by atoms with van der Waals surface area (Å²) in [5.41, 5.74) is 2.76. The van der Waals surface area contributed by atoms with E-state index in [-0.39, 0.29) is 11.4 Å². The third kappa shape index (κ3) is 2.21. The van der Waals surface area contributed by atoms with Crippen molar-refractivity contribution >= 4 is 27.4 Å². The molecule has 3 N–H and O–H groups in total. The SMILES string of the molecule is Cc1cc2c(NN)nc(-c3cc(F)cc(F)c3)nc2s1. The van der Waals surface area contributed by atoms with Crippen LogP contribution in [0.4, 0.5) is 14.6 Å². The molecule has 4 nitrogen and oxygen atoms in total. The minimum absolute atomic E-state index is 0.228. The third-order valence-corrected chi connectivity index (χ3v) is 3.72. The molecule has 0 aliphatic carbocycles. The average Bonchev–Trinajstić information content (AvgIpc) is 2.76. The van der Waals surface area contributed by atoms with Gasteiger partial charge in [-0.3, -0.25) is 0 Å². The largest absolute Gasteiger partial charge is 0.308 e. The van der Waals surface area contributed by atoms with E-state index >= 15 is 0 Å². The molecule has 0 fully saturated rings. The van der Waals surface area contributed by atoms with E-state index in [0.717, 1.165) is 16.3 Å². The van der Waals surface area contributed by atoms with Crippen LogP contribution in [-0.4, -0.2) is 9.97 Å². The second-order valence-electron chi connectivity index (χ2n) is 4.27. The van der Waals surface area contributed by atoms with E-state index in [4.69, 9.17) is 5.84 Å². The molecule has 0 atom stereocenters. The summed E-state index contributed by atoms with van der Waals surface area (Å²) in [5, 5.41) is 0.788. The molecule has 0 amide bonds. The summed E-state index contributed by atoms with van der Waals surface area (Å²) < 4.78 is 26.6. The van der Waals surface area contributed by atoms with Gasteiger partial charge in [-0.05, 0) is 25.1 Å². The standard InChI is InChI=1S/C13H10F2N4S/c1-6-2-10-12(19-16)17-11(18-13(10)20-6)7-3-8(14)5-9(15)4-7/h2-5H,16H2,1H3,(H,17,18,19). The molecular formula is C13H10F2N4S. The predicted molar refractivity (Wildman–Crippen MR) is 75.3 cm³/mol. The first-order chi connectivity index (χ1) is 9.56. The van der Waals surface area contributed by atoms with Gasteiger partial charge in [0.15, 0.2) is 11.6 Å². The summed E-state index contributed by atoms with van der Waals surface area (Å²) in [4.78, 5) is 10.3. The van der Waals surface area contributed by atoms with Crippen LogP contribution in [0, 0.1) is 18.6 Å². The number of thiophene rings is 1. The maximum Gasteiger partial charge on any atom is 0.163 e. The topological polar surface area (TPSA) is 63.8 Å². The Morgan fingerprint density at radius 2 is 1.80 bits per heavy atom. The third-order valence-electron chi connectivity index (χ3n) is 2.77. The molecule has 3 rings (SSSR count). The number of aromatic nitrogens is 2. The quantitative estimate of drug-likeness (QED) is 0.562. The van der Waals surface area contributed by atoms with E-state index in [2.05, 4.69) is 15.4 Å². The fourth-order valence-electron chi connectivity index (χ4n) is 1.96. The average molecular weight is 292 g/mol. The monoisotopic (exact) mass is 292 g/mol. The molecule has 0 unspecified atom stereocenters. The second-order valence-corrected chi connectivity index (χ2v) is 5.51. The van der Waals surface area contributed by atoms with Crippen LogP contribution in [0.5, 0.6) is 0 Å². The molecule has 102 valence electrons. The molecule has 7 heteroatoms. The summed E-state index contributed by atoms with van der Waals surface area (Å²) in [5.74, 6) is 4.76. The summed E-state index contributed by atoms with van der Waals surface area (Å²) >= 11 is 1.46. The number of aryl methyl sites for hydroxylation is 1. The van der Waals surface area contributed by atoms with Gasteiger partial charge in [-0.2, -0.15) is 0 Å². The smallest absolute Gasteiger partial charge is 0.163 e. The van der Waals surface area contributed by atoms with Gasteiger partial charge < -0.3 is 5.43 Å². The molecule has 0 bridgehead atoms. The highest BCUT2D eigenvalue weighted by Gasteiger charge is 2.12. The van der Waals surface area contributed by atoms with Gasteiger partial charge in [0.25, 0.3) is 0 Å². The Morgan fingerprint density at radius 3 is 2.45 bits per heavy atom. The van der Waals surface area contributed by atoms with E-state index < -0.39 is 11.6 Å². The van der Waals surface area contributed by atoms with Gasteiger partial charge in [0.05, 0.1) is 5.39 Å². The Hall–Kier alpha value is -2.12. The van der Waals surface area contributed by atoms with Crippen molar-refractivity contribution in [2.75, 3.05) is 5.43 Å². The van der Waals surface area contributed by atoms with Crippen LogP contribution in [0.3, 0.4) is 0 Å². The van der Waals surface area contributed by atoms with Crippen molar-refractivity contribution < 1.29 is 8.78 Å². The Morgan fingerprint density at radius 1 is 1.10 bits per heavy atom. The van der Waals surface area contributed by atoms with Gasteiger partial charge in [-0.25, -0.2) is 24.6 Å². The van der Waals surface area contributed by atoms with Crippen LogP contribution in [0.1, 0.15) is 4.88 Å². The molecule has 0 spiro atoms. The van der Waals surface area contributed by atoms with Gasteiger partial charge >= 0.3 is 0 Å². The number of nitrogens with zero attached hydrogens (tertiary/aromatic N) is 2. The molecule has 0 saturated carbocycles. The minimum atomic E-state index is -0.673. The second kappa shape index (κ2) is 4.77. The summed E-state index contributed by atoms with van der Waals surface area (Å²) in [6.07, 6.45) is 0. The van der Waals surface area contributed by atoms with E-state index in [1.54, 1.807) is 0 Å². The van der Waals surface area contributed by atoms with Crippen molar-refractivity contribution in [3.63, 3.8) is 0 Å². The van der Waals surface area contributed by atoms with Crippen molar-refractivity contribution in [3.8, 4) is 11.4 Å². The first kappa shape index (κ1) is 12.9. The van der Waals surface area contributed by atoms with Crippen LogP contribution in [0.25, 0.3) is 21.6 Å². The Kier molecular flexibility index (Phi) is 3.07. The van der Waals surface area contributed by atoms with Crippen molar-refractivity contribution in [1.82, 2.24) is 9.97 Å². The first-order valence-electron chi connectivity index (χ1n) is 5.78. The highest BCUT2D eigenvalue weighted by Crippen LogP contribution is 2.30. The zero-order chi connectivity index (χ0) is 14.3. The van der Waals surface area contributed by atoms with Crippen LogP contribution < -0.4 is 11.3 Å². The zero-order valence-electron chi connectivity index (χ0n) is 10.4. The van der Waals surface area contributed by atoms with Crippen molar-refractivity contribution in [3.05, 3.63) is 40.8 Å². The van der Waals surface area contributed by atoms with E-state index in [9.17, 15) is 8.78 Å². The van der Waals surface area contributed by atoms with E-state index in [0.29, 0.717) is 10.6 Å². The van der Waals surface area contributed by atoms with Gasteiger partial charge in [-0.15, -0.1) is 11.3 Å². The number of benzene rings is 1. The number of nitrogens with two attached hydrogens (primary N) is 1. The van der Waals surface area contributed by atoms with E-state index in [1.165, 1.54) is 23.5 Å². The van der Waals surface area contributed by atoms with Crippen molar-refractivity contribution in [2.45, 2.75) is 6.92 Å². The van der Waals surface area contributed by atoms with Gasteiger partial charge in [0.2, 0.25) is 0 Å². The van der Waals surface area contributed by atoms with E-state index in [1.807, 2.05) is 13.0 Å². The Labute approximate surface area is 117 Å². The number of hydrogen-bond donors (Lipinski definition) is 2. The summed E-state index contributed by atoms with van der Waals surface area (Å²) in [7, 11) is 0. The number of anilines is 1. The number of rotatable bonds is 2. The predicted octanol–water partition coefficient (Wildman–Crippen LogP) is 3.23. The zero-order valence-corrected chi connectivity index (χ0v) is 11.3. The molecule has 2 aromatic heterocycles. The molecule has 3 aromatic rings. The van der Waals surface area contributed by atoms with Crippen LogP contribution >= 0.6 is 11.3 Å². The molecule has 0 radical (unpaired) electrons. The number of hydrazine groups is 1. The van der Waals surface area contributed by atoms with Crippen LogP contribution in [0.15, 0.2) is 24.3 Å². The van der Waals surface area contributed by atoms with Crippen LogP contribution in [-0.2, 0) is 0 Å². The Balaban J connectivity index is 2.25. The number of nitrogens with one attached hydrogen (secondary N) is 1. The number of nitrogen functional groups attached to an aromatic ring is 1. The van der Waals surface area contributed by atoms with Gasteiger partial charge in [0, 0.05) is 16.5 Å². The maximum absolute atomic E-state index is 13.3. The number of halogens is 2. The number of hydrogen-bond acceptors (Lipinski definition) is 5. The highest BCUT2D eigenvalue weighted by molar-refractivity contribution is 7.18. The minimum Gasteiger partial charge on any atom is -0.308 e. The van der Waals surface area contributed by atoms with Gasteiger partial charge in [0.1, 0.15) is 16.5 Å².